The molecule has 0 unspecified atom stereocenters. The van der Waals surface area contributed by atoms with Gasteiger partial charge in [0.05, 0.1) is 0 Å². The Morgan fingerprint density at radius 1 is 0.929 bits per heavy atom. The fourth-order valence-corrected chi connectivity index (χ4v) is 4.65. The van der Waals surface area contributed by atoms with Crippen molar-refractivity contribution in [2.24, 2.45) is 0 Å². The van der Waals surface area contributed by atoms with Gasteiger partial charge in [0, 0.05) is 6.61 Å². The van der Waals surface area contributed by atoms with Gasteiger partial charge < -0.3 is 3.79 Å². The molecular weight excluding hydrogens is 187 g/mol. The first-order chi connectivity index (χ1) is 6.59. The van der Waals surface area contributed by atoms with E-state index in [2.05, 4.69) is 34.6 Å². The minimum absolute atomic E-state index is 0.779. The summed E-state index contributed by atoms with van der Waals surface area (Å²) in [5.41, 5.74) is 0. The van der Waals surface area contributed by atoms with Crippen molar-refractivity contribution < 1.29 is 3.79 Å². The lowest BCUT2D eigenvalue weighted by Gasteiger charge is -2.19. The second kappa shape index (κ2) is 8.77. The molecule has 0 aromatic rings. The highest BCUT2D eigenvalue weighted by molar-refractivity contribution is 6.54. The van der Waals surface area contributed by atoms with Gasteiger partial charge >= 0.3 is 14.5 Å². The SMILES string of the molecule is CCCCCC[O][Al]([CH](C)C)[CH](C)C. The molecule has 0 aliphatic carbocycles. The van der Waals surface area contributed by atoms with Crippen LogP contribution in [-0.2, 0) is 3.79 Å². The average molecular weight is 214 g/mol. The third kappa shape index (κ3) is 6.87. The first kappa shape index (κ1) is 14.5. The van der Waals surface area contributed by atoms with Crippen LogP contribution in [0.1, 0.15) is 60.3 Å². The zero-order valence-corrected chi connectivity index (χ0v) is 11.8. The van der Waals surface area contributed by atoms with Gasteiger partial charge in [0.2, 0.25) is 0 Å². The number of hydrogen-bond donors (Lipinski definition) is 0. The van der Waals surface area contributed by atoms with E-state index in [9.17, 15) is 0 Å². The third-order valence-corrected chi connectivity index (χ3v) is 5.87. The van der Waals surface area contributed by atoms with E-state index in [0.717, 1.165) is 16.2 Å². The summed E-state index contributed by atoms with van der Waals surface area (Å²) in [4.78, 5) is 0. The third-order valence-electron chi connectivity index (χ3n) is 2.62. The van der Waals surface area contributed by atoms with E-state index < -0.39 is 14.5 Å². The summed E-state index contributed by atoms with van der Waals surface area (Å²) >= 11 is -0.932. The van der Waals surface area contributed by atoms with E-state index in [0.29, 0.717) is 0 Å². The van der Waals surface area contributed by atoms with Crippen LogP contribution in [0.5, 0.6) is 0 Å². The molecule has 0 aromatic heterocycles. The molecule has 0 saturated heterocycles. The molecule has 0 spiro atoms. The highest BCUT2D eigenvalue weighted by Crippen LogP contribution is 2.21. The Morgan fingerprint density at radius 2 is 1.50 bits per heavy atom. The molecular formula is C12H27AlO. The maximum atomic E-state index is 6.05. The second-order valence-corrected chi connectivity index (χ2v) is 8.81. The van der Waals surface area contributed by atoms with Crippen molar-refractivity contribution >= 4 is 14.5 Å². The van der Waals surface area contributed by atoms with Gasteiger partial charge in [-0.05, 0) is 6.42 Å². The lowest BCUT2D eigenvalue weighted by Crippen LogP contribution is -2.25. The normalized spacial score (nSPS) is 11.4. The molecule has 0 amide bonds. The molecule has 0 N–H and O–H groups in total. The van der Waals surface area contributed by atoms with E-state index >= 15 is 0 Å². The van der Waals surface area contributed by atoms with E-state index in [1.54, 1.807) is 0 Å². The molecule has 0 heterocycles. The molecule has 0 fully saturated rings. The zero-order chi connectivity index (χ0) is 11.0. The summed E-state index contributed by atoms with van der Waals surface area (Å²) < 4.78 is 7.61. The van der Waals surface area contributed by atoms with Crippen LogP contribution in [-0.4, -0.2) is 21.1 Å². The highest BCUT2D eigenvalue weighted by Gasteiger charge is 2.28. The fraction of sp³-hybridized carbons (Fsp3) is 1.00. The first-order valence-electron chi connectivity index (χ1n) is 6.21. The van der Waals surface area contributed by atoms with Crippen LogP contribution in [0.3, 0.4) is 0 Å². The average Bonchev–Trinajstić information content (AvgIpc) is 2.09. The van der Waals surface area contributed by atoms with Gasteiger partial charge in [-0.1, -0.05) is 63.4 Å². The van der Waals surface area contributed by atoms with E-state index in [-0.39, 0.29) is 0 Å². The lowest BCUT2D eigenvalue weighted by molar-refractivity contribution is 0.295. The summed E-state index contributed by atoms with van der Waals surface area (Å²) in [6, 6.07) is 0. The van der Waals surface area contributed by atoms with Crippen LogP contribution in [0.15, 0.2) is 0 Å². The molecule has 0 rings (SSSR count). The molecule has 14 heavy (non-hydrogen) atoms. The fourth-order valence-electron chi connectivity index (χ4n) is 1.90. The Bertz CT molecular complexity index is 115. The molecule has 84 valence electrons. The Morgan fingerprint density at radius 3 is 1.93 bits per heavy atom. The van der Waals surface area contributed by atoms with E-state index in [1.807, 2.05) is 0 Å². The van der Waals surface area contributed by atoms with Crippen LogP contribution in [0, 0.1) is 0 Å². The monoisotopic (exact) mass is 214 g/mol. The van der Waals surface area contributed by atoms with Gasteiger partial charge in [-0.25, -0.2) is 0 Å². The quantitative estimate of drug-likeness (QED) is 0.430. The molecule has 0 bridgehead atoms. The number of rotatable bonds is 8. The largest absolute Gasteiger partial charge is 0.500 e. The van der Waals surface area contributed by atoms with Crippen LogP contribution >= 0.6 is 0 Å². The van der Waals surface area contributed by atoms with Crippen molar-refractivity contribution in [3.05, 3.63) is 0 Å². The molecule has 2 heteroatoms. The highest BCUT2D eigenvalue weighted by atomic mass is 27.2. The minimum atomic E-state index is -0.932. The van der Waals surface area contributed by atoms with Crippen LogP contribution in [0.25, 0.3) is 0 Å². The van der Waals surface area contributed by atoms with Gasteiger partial charge in [0.15, 0.2) is 0 Å². The summed E-state index contributed by atoms with van der Waals surface area (Å²) in [6.45, 7) is 12.5. The van der Waals surface area contributed by atoms with Crippen LogP contribution in [0.4, 0.5) is 0 Å². The minimum Gasteiger partial charge on any atom is -0.500 e. The second-order valence-electron chi connectivity index (χ2n) is 4.88. The van der Waals surface area contributed by atoms with Crippen molar-refractivity contribution in [3.8, 4) is 0 Å². The molecule has 0 aliphatic heterocycles. The molecule has 0 saturated carbocycles. The predicted molar refractivity (Wildman–Crippen MR) is 66.0 cm³/mol. The van der Waals surface area contributed by atoms with Gasteiger partial charge in [0.25, 0.3) is 0 Å². The topological polar surface area (TPSA) is 9.23 Å². The maximum absolute atomic E-state index is 6.05. The van der Waals surface area contributed by atoms with Crippen molar-refractivity contribution in [2.75, 3.05) is 6.61 Å². The number of hydrogen-bond acceptors (Lipinski definition) is 1. The van der Waals surface area contributed by atoms with Gasteiger partial charge in [0.1, 0.15) is 0 Å². The van der Waals surface area contributed by atoms with Gasteiger partial charge in [-0.2, -0.15) is 0 Å². The Balaban J connectivity index is 3.52. The molecule has 0 atom stereocenters. The molecule has 1 nitrogen and oxygen atoms in total. The first-order valence-corrected chi connectivity index (χ1v) is 8.01. The zero-order valence-electron chi connectivity index (χ0n) is 10.7. The van der Waals surface area contributed by atoms with Crippen molar-refractivity contribution in [1.29, 1.82) is 0 Å². The summed E-state index contributed by atoms with van der Waals surface area (Å²) in [7, 11) is 0. The van der Waals surface area contributed by atoms with Gasteiger partial charge in [-0.3, -0.25) is 0 Å². The standard InChI is InChI=1S/C6H13O.2C3H7.Al/c1-2-3-4-5-6-7;2*1-3-2;/h2-6H2,1H3;2*3H,1-2H3;/q-1;;;+1. The summed E-state index contributed by atoms with van der Waals surface area (Å²) in [5, 5.41) is 0. The number of unbranched alkanes of at least 4 members (excludes halogenated alkanes) is 3. The van der Waals surface area contributed by atoms with Crippen molar-refractivity contribution in [3.63, 3.8) is 0 Å². The maximum Gasteiger partial charge on any atom is 0.466 e. The van der Waals surface area contributed by atoms with Crippen LogP contribution in [0.2, 0.25) is 9.56 Å². The molecule has 0 aromatic carbocycles. The van der Waals surface area contributed by atoms with Crippen molar-refractivity contribution in [1.82, 2.24) is 0 Å². The lowest BCUT2D eigenvalue weighted by atomic mass is 10.2. The Hall–Kier alpha value is 0.492. The van der Waals surface area contributed by atoms with Gasteiger partial charge in [-0.15, -0.1) is 0 Å². The summed E-state index contributed by atoms with van der Waals surface area (Å²) in [5.74, 6) is 0. The van der Waals surface area contributed by atoms with Crippen molar-refractivity contribution in [2.45, 2.75) is 69.9 Å². The molecule has 0 aliphatic rings. The molecule has 0 radical (unpaired) electrons. The predicted octanol–water partition coefficient (Wildman–Crippen LogP) is 4.39. The van der Waals surface area contributed by atoms with Crippen LogP contribution < -0.4 is 0 Å². The smallest absolute Gasteiger partial charge is 0.466 e. The van der Waals surface area contributed by atoms with E-state index in [1.165, 1.54) is 25.7 Å². The Labute approximate surface area is 95.0 Å². The Kier molecular flexibility index (Phi) is 9.08. The van der Waals surface area contributed by atoms with E-state index in [4.69, 9.17) is 3.79 Å². The summed E-state index contributed by atoms with van der Waals surface area (Å²) in [6.07, 6.45) is 5.28.